The van der Waals surface area contributed by atoms with Crippen LogP contribution in [-0.2, 0) is 9.47 Å². The number of nitrogens with zero attached hydrogens (tertiary/aromatic N) is 1. The second-order valence-electron chi connectivity index (χ2n) is 6.48. The first-order valence-corrected chi connectivity index (χ1v) is 8.07. The van der Waals surface area contributed by atoms with Crippen LogP contribution in [0.15, 0.2) is 0 Å². The van der Waals surface area contributed by atoms with Gasteiger partial charge in [-0.25, -0.2) is 0 Å². The Hall–Kier alpha value is -0.160. The van der Waals surface area contributed by atoms with Crippen LogP contribution in [0.4, 0.5) is 0 Å². The van der Waals surface area contributed by atoms with Gasteiger partial charge in [0.25, 0.3) is 0 Å². The first-order valence-electron chi connectivity index (χ1n) is 8.07. The predicted molar refractivity (Wildman–Crippen MR) is 84.2 cm³/mol. The normalized spacial score (nSPS) is 26.9. The van der Waals surface area contributed by atoms with Crippen LogP contribution in [0, 0.1) is 5.41 Å². The van der Waals surface area contributed by atoms with Crippen LogP contribution >= 0.6 is 0 Å². The summed E-state index contributed by atoms with van der Waals surface area (Å²) in [6.45, 7) is 12.2. The van der Waals surface area contributed by atoms with Crippen molar-refractivity contribution >= 4 is 0 Å². The minimum Gasteiger partial charge on any atom is -0.377 e. The molecule has 0 amide bonds. The molecule has 1 aliphatic rings. The fourth-order valence-corrected chi connectivity index (χ4v) is 3.33. The fraction of sp³-hybridized carbons (Fsp3) is 1.00. The maximum Gasteiger partial charge on any atom is 0.0971 e. The van der Waals surface area contributed by atoms with Gasteiger partial charge in [0.05, 0.1) is 12.2 Å². The third-order valence-electron chi connectivity index (χ3n) is 4.33. The third-order valence-corrected chi connectivity index (χ3v) is 4.33. The molecule has 0 aliphatic carbocycles. The second kappa shape index (κ2) is 8.98. The zero-order valence-electron chi connectivity index (χ0n) is 14.1. The van der Waals surface area contributed by atoms with Crippen molar-refractivity contribution in [3.05, 3.63) is 0 Å². The average molecular weight is 286 g/mol. The summed E-state index contributed by atoms with van der Waals surface area (Å²) >= 11 is 0. The van der Waals surface area contributed by atoms with E-state index in [2.05, 4.69) is 31.0 Å². The molecular formula is C16H34N2O2. The van der Waals surface area contributed by atoms with E-state index in [0.29, 0.717) is 5.41 Å². The third kappa shape index (κ3) is 5.32. The lowest BCUT2D eigenvalue weighted by Gasteiger charge is -2.34. The molecule has 1 N–H and O–H groups in total. The summed E-state index contributed by atoms with van der Waals surface area (Å²) < 4.78 is 11.1. The number of likely N-dealkylation sites (tertiary alicyclic amines) is 1. The van der Waals surface area contributed by atoms with Crippen LogP contribution in [0.1, 0.15) is 40.0 Å². The molecule has 3 unspecified atom stereocenters. The highest BCUT2D eigenvalue weighted by molar-refractivity contribution is 4.90. The molecule has 4 nitrogen and oxygen atoms in total. The van der Waals surface area contributed by atoms with Gasteiger partial charge in [0.15, 0.2) is 0 Å². The summed E-state index contributed by atoms with van der Waals surface area (Å²) in [5.74, 6) is 0. The molecule has 20 heavy (non-hydrogen) atoms. The Labute approximate surface area is 125 Å². The molecule has 1 aliphatic heterocycles. The van der Waals surface area contributed by atoms with E-state index in [9.17, 15) is 0 Å². The predicted octanol–water partition coefficient (Wildman–Crippen LogP) is 2.14. The summed E-state index contributed by atoms with van der Waals surface area (Å²) in [6.07, 6.45) is 4.13. The molecule has 1 heterocycles. The second-order valence-corrected chi connectivity index (χ2v) is 6.48. The quantitative estimate of drug-likeness (QED) is 0.624. The highest BCUT2D eigenvalue weighted by Gasteiger charge is 2.36. The van der Waals surface area contributed by atoms with Gasteiger partial charge in [0, 0.05) is 40.4 Å². The molecule has 0 bridgehead atoms. The minimum atomic E-state index is 0.217. The van der Waals surface area contributed by atoms with E-state index in [-0.39, 0.29) is 12.2 Å². The van der Waals surface area contributed by atoms with Gasteiger partial charge in [-0.2, -0.15) is 0 Å². The van der Waals surface area contributed by atoms with Gasteiger partial charge in [-0.3, -0.25) is 4.90 Å². The number of rotatable bonds is 10. The molecular weight excluding hydrogens is 252 g/mol. The first kappa shape index (κ1) is 17.9. The molecule has 0 saturated carbocycles. The summed E-state index contributed by atoms with van der Waals surface area (Å²) in [4.78, 5) is 2.51. The standard InChI is InChI=1S/C16H34N2O2/c1-6-8-16(3,12-17-9-7-2)13-18-10-14(19-4)15(11-18)20-5/h14-15,17H,6-13H2,1-5H3. The van der Waals surface area contributed by atoms with E-state index in [4.69, 9.17) is 9.47 Å². The molecule has 0 aromatic carbocycles. The first-order chi connectivity index (χ1) is 9.58. The fourth-order valence-electron chi connectivity index (χ4n) is 3.33. The summed E-state index contributed by atoms with van der Waals surface area (Å²) in [6, 6.07) is 0. The van der Waals surface area contributed by atoms with Crippen LogP contribution in [0.3, 0.4) is 0 Å². The maximum absolute atomic E-state index is 5.54. The van der Waals surface area contributed by atoms with Gasteiger partial charge < -0.3 is 14.8 Å². The number of methoxy groups -OCH3 is 2. The molecule has 1 rings (SSSR count). The number of nitrogens with one attached hydrogen (secondary N) is 1. The van der Waals surface area contributed by atoms with Gasteiger partial charge in [0.1, 0.15) is 0 Å². The van der Waals surface area contributed by atoms with E-state index in [1.165, 1.54) is 19.3 Å². The van der Waals surface area contributed by atoms with Gasteiger partial charge in [-0.05, 0) is 24.8 Å². The number of ether oxygens (including phenoxy) is 2. The van der Waals surface area contributed by atoms with Crippen LogP contribution in [-0.4, -0.2) is 64.1 Å². The Balaban J connectivity index is 2.52. The van der Waals surface area contributed by atoms with Crippen LogP contribution in [0.25, 0.3) is 0 Å². The molecule has 120 valence electrons. The summed E-state index contributed by atoms with van der Waals surface area (Å²) in [7, 11) is 3.57. The summed E-state index contributed by atoms with van der Waals surface area (Å²) in [5.41, 5.74) is 0.338. The largest absolute Gasteiger partial charge is 0.377 e. The van der Waals surface area contributed by atoms with Crippen molar-refractivity contribution in [2.75, 3.05) is 46.9 Å². The van der Waals surface area contributed by atoms with E-state index in [0.717, 1.165) is 32.7 Å². The molecule has 0 aromatic heterocycles. The van der Waals surface area contributed by atoms with Crippen molar-refractivity contribution in [2.45, 2.75) is 52.2 Å². The number of hydrogen-bond acceptors (Lipinski definition) is 4. The van der Waals surface area contributed by atoms with Crippen molar-refractivity contribution in [1.29, 1.82) is 0 Å². The zero-order chi connectivity index (χ0) is 15.0. The van der Waals surface area contributed by atoms with Crippen molar-refractivity contribution in [3.63, 3.8) is 0 Å². The smallest absolute Gasteiger partial charge is 0.0971 e. The molecule has 0 aromatic rings. The van der Waals surface area contributed by atoms with Gasteiger partial charge in [0.2, 0.25) is 0 Å². The molecule has 1 fully saturated rings. The van der Waals surface area contributed by atoms with Gasteiger partial charge >= 0.3 is 0 Å². The lowest BCUT2D eigenvalue weighted by atomic mass is 9.85. The Morgan fingerprint density at radius 2 is 1.70 bits per heavy atom. The lowest BCUT2D eigenvalue weighted by Crippen LogP contribution is -2.42. The minimum absolute atomic E-state index is 0.217. The van der Waals surface area contributed by atoms with E-state index in [1.54, 1.807) is 14.2 Å². The molecule has 0 radical (unpaired) electrons. The van der Waals surface area contributed by atoms with Crippen molar-refractivity contribution in [2.24, 2.45) is 5.41 Å². The monoisotopic (exact) mass is 286 g/mol. The molecule has 0 spiro atoms. The maximum atomic E-state index is 5.54. The molecule has 3 atom stereocenters. The SMILES string of the molecule is CCCNCC(C)(CCC)CN1CC(OC)C(OC)C1. The summed E-state index contributed by atoms with van der Waals surface area (Å²) in [5, 5.41) is 3.60. The lowest BCUT2D eigenvalue weighted by molar-refractivity contribution is -0.00461. The molecule has 4 heteroatoms. The molecule has 1 saturated heterocycles. The van der Waals surface area contributed by atoms with Crippen LogP contribution in [0.5, 0.6) is 0 Å². The van der Waals surface area contributed by atoms with Crippen LogP contribution in [0.2, 0.25) is 0 Å². The van der Waals surface area contributed by atoms with Crippen LogP contribution < -0.4 is 5.32 Å². The van der Waals surface area contributed by atoms with Gasteiger partial charge in [-0.15, -0.1) is 0 Å². The Morgan fingerprint density at radius 1 is 1.10 bits per heavy atom. The number of hydrogen-bond donors (Lipinski definition) is 1. The Kier molecular flexibility index (Phi) is 8.03. The Morgan fingerprint density at radius 3 is 2.15 bits per heavy atom. The van der Waals surface area contributed by atoms with Crippen molar-refractivity contribution in [3.8, 4) is 0 Å². The van der Waals surface area contributed by atoms with E-state index >= 15 is 0 Å². The van der Waals surface area contributed by atoms with Crippen molar-refractivity contribution in [1.82, 2.24) is 10.2 Å². The Bertz CT molecular complexity index is 251. The van der Waals surface area contributed by atoms with E-state index < -0.39 is 0 Å². The van der Waals surface area contributed by atoms with Crippen molar-refractivity contribution < 1.29 is 9.47 Å². The van der Waals surface area contributed by atoms with Gasteiger partial charge in [-0.1, -0.05) is 27.2 Å². The average Bonchev–Trinajstić information content (AvgIpc) is 2.81. The van der Waals surface area contributed by atoms with E-state index in [1.807, 2.05) is 0 Å². The highest BCUT2D eigenvalue weighted by atomic mass is 16.5. The highest BCUT2D eigenvalue weighted by Crippen LogP contribution is 2.27. The zero-order valence-corrected chi connectivity index (χ0v) is 14.1. The topological polar surface area (TPSA) is 33.7 Å².